The summed E-state index contributed by atoms with van der Waals surface area (Å²) in [6, 6.07) is 13.0. The van der Waals surface area contributed by atoms with Crippen LogP contribution in [0, 0.1) is 5.92 Å². The molecule has 2 aliphatic rings. The zero-order chi connectivity index (χ0) is 27.2. The summed E-state index contributed by atoms with van der Waals surface area (Å²) in [5.41, 5.74) is 2.90. The van der Waals surface area contributed by atoms with E-state index in [1.54, 1.807) is 28.4 Å². The fraction of sp³-hybridized carbons (Fsp3) is 0.613. The zero-order valence-electron chi connectivity index (χ0n) is 24.0. The normalized spacial score (nSPS) is 19.2. The summed E-state index contributed by atoms with van der Waals surface area (Å²) in [6.45, 7) is 4.56. The Balaban J connectivity index is 1.50. The van der Waals surface area contributed by atoms with Crippen LogP contribution >= 0.6 is 23.5 Å². The number of ether oxygens (including phenoxy) is 4. The molecule has 1 heterocycles. The summed E-state index contributed by atoms with van der Waals surface area (Å²) >= 11 is 4.22. The van der Waals surface area contributed by atoms with Crippen molar-refractivity contribution in [2.24, 2.45) is 5.92 Å². The van der Waals surface area contributed by atoms with Gasteiger partial charge in [-0.05, 0) is 85.5 Å². The lowest BCUT2D eigenvalue weighted by Crippen LogP contribution is -2.40. The average molecular weight is 560 g/mol. The molecule has 0 spiro atoms. The van der Waals surface area contributed by atoms with Crippen LogP contribution in [0.4, 0.5) is 0 Å². The highest BCUT2D eigenvalue weighted by Crippen LogP contribution is 2.55. The van der Waals surface area contributed by atoms with Crippen LogP contribution in [0.1, 0.15) is 56.6 Å². The third-order valence-electron chi connectivity index (χ3n) is 8.15. The van der Waals surface area contributed by atoms with Crippen molar-refractivity contribution in [3.8, 4) is 23.0 Å². The van der Waals surface area contributed by atoms with Gasteiger partial charge < -0.3 is 23.8 Å². The van der Waals surface area contributed by atoms with E-state index in [4.69, 9.17) is 18.9 Å². The number of hydrogen-bond donors (Lipinski definition) is 0. The van der Waals surface area contributed by atoms with Crippen LogP contribution in [-0.2, 0) is 9.49 Å². The quantitative estimate of drug-likeness (QED) is 0.272. The molecule has 2 aromatic carbocycles. The van der Waals surface area contributed by atoms with Crippen LogP contribution in [-0.4, -0.2) is 65.0 Å². The molecular formula is C31H45NO4S2. The molecule has 0 bridgehead atoms. The summed E-state index contributed by atoms with van der Waals surface area (Å²) in [6.07, 6.45) is 7.42. The van der Waals surface area contributed by atoms with Gasteiger partial charge in [-0.15, -0.1) is 23.5 Å². The van der Waals surface area contributed by atoms with Gasteiger partial charge in [0.1, 0.15) is 0 Å². The maximum atomic E-state index is 5.67. The Morgan fingerprint density at radius 1 is 0.763 bits per heavy atom. The van der Waals surface area contributed by atoms with Crippen LogP contribution in [0.3, 0.4) is 0 Å². The minimum atomic E-state index is 0.0481. The predicted octanol–water partition coefficient (Wildman–Crippen LogP) is 7.21. The SMILES string of the molecule is COc1ccc(C2(CN(C)CC(C)CC3(c4ccc(OC)c(OC)c4)SCCCS3)CCCC2)cc1OC. The van der Waals surface area contributed by atoms with Crippen molar-refractivity contribution < 1.29 is 18.9 Å². The van der Waals surface area contributed by atoms with E-state index in [1.807, 2.05) is 0 Å². The van der Waals surface area contributed by atoms with Crippen LogP contribution in [0.5, 0.6) is 23.0 Å². The molecule has 0 aromatic heterocycles. The lowest BCUT2D eigenvalue weighted by Gasteiger charge is -2.40. The molecule has 1 saturated heterocycles. The fourth-order valence-electron chi connectivity index (χ4n) is 6.44. The Hall–Kier alpha value is -1.70. The molecule has 1 aliphatic carbocycles. The highest BCUT2D eigenvalue weighted by Gasteiger charge is 2.40. The Kier molecular flexibility index (Phi) is 10.1. The first kappa shape index (κ1) is 29.3. The second kappa shape index (κ2) is 13.1. The van der Waals surface area contributed by atoms with E-state index < -0.39 is 0 Å². The van der Waals surface area contributed by atoms with E-state index in [9.17, 15) is 0 Å². The number of rotatable bonds is 12. The van der Waals surface area contributed by atoms with E-state index in [2.05, 4.69) is 78.8 Å². The Morgan fingerprint density at radius 2 is 1.29 bits per heavy atom. The number of thioether (sulfide) groups is 2. The molecule has 1 aliphatic heterocycles. The number of methoxy groups -OCH3 is 4. The third-order valence-corrected chi connectivity index (χ3v) is 11.6. The lowest BCUT2D eigenvalue weighted by molar-refractivity contribution is 0.213. The molecule has 2 aromatic rings. The summed E-state index contributed by atoms with van der Waals surface area (Å²) in [5.74, 6) is 6.19. The van der Waals surface area contributed by atoms with Gasteiger partial charge in [-0.3, -0.25) is 0 Å². The minimum absolute atomic E-state index is 0.0481. The van der Waals surface area contributed by atoms with Crippen LogP contribution in [0.15, 0.2) is 36.4 Å². The second-order valence-electron chi connectivity index (χ2n) is 10.9. The topological polar surface area (TPSA) is 40.2 Å². The van der Waals surface area contributed by atoms with E-state index in [0.29, 0.717) is 5.92 Å². The molecule has 0 radical (unpaired) electrons. The number of hydrogen-bond acceptors (Lipinski definition) is 7. The van der Waals surface area contributed by atoms with Gasteiger partial charge >= 0.3 is 0 Å². The summed E-state index contributed by atoms with van der Waals surface area (Å²) < 4.78 is 22.4. The first-order valence-corrected chi connectivity index (χ1v) is 15.8. The smallest absolute Gasteiger partial charge is 0.161 e. The van der Waals surface area contributed by atoms with Crippen LogP contribution in [0.25, 0.3) is 0 Å². The predicted molar refractivity (Wildman–Crippen MR) is 162 cm³/mol. The molecule has 4 rings (SSSR count). The maximum Gasteiger partial charge on any atom is 0.161 e. The van der Waals surface area contributed by atoms with Gasteiger partial charge in [-0.1, -0.05) is 31.9 Å². The zero-order valence-corrected chi connectivity index (χ0v) is 25.6. The van der Waals surface area contributed by atoms with Crippen molar-refractivity contribution in [2.45, 2.75) is 54.9 Å². The highest BCUT2D eigenvalue weighted by atomic mass is 32.2. The number of nitrogens with zero attached hydrogens (tertiary/aromatic N) is 1. The third kappa shape index (κ3) is 6.37. The molecular weight excluding hydrogens is 514 g/mol. The monoisotopic (exact) mass is 559 g/mol. The van der Waals surface area contributed by atoms with E-state index in [-0.39, 0.29) is 9.49 Å². The van der Waals surface area contributed by atoms with Gasteiger partial charge in [0.2, 0.25) is 0 Å². The van der Waals surface area contributed by atoms with E-state index in [1.165, 1.54) is 54.7 Å². The van der Waals surface area contributed by atoms with Crippen molar-refractivity contribution in [3.63, 3.8) is 0 Å². The molecule has 5 nitrogen and oxygen atoms in total. The van der Waals surface area contributed by atoms with Gasteiger partial charge in [0.25, 0.3) is 0 Å². The fourth-order valence-corrected chi connectivity index (χ4v) is 10.1. The second-order valence-corrected chi connectivity index (χ2v) is 14.0. The van der Waals surface area contributed by atoms with E-state index in [0.717, 1.165) is 42.5 Å². The molecule has 2 fully saturated rings. The molecule has 1 unspecified atom stereocenters. The summed E-state index contributed by atoms with van der Waals surface area (Å²) in [5, 5.41) is 0. The van der Waals surface area contributed by atoms with Crippen LogP contribution in [0.2, 0.25) is 0 Å². The van der Waals surface area contributed by atoms with Crippen molar-refractivity contribution >= 4 is 23.5 Å². The molecule has 0 N–H and O–H groups in total. The van der Waals surface area contributed by atoms with Gasteiger partial charge in [0.05, 0.1) is 32.5 Å². The number of likely N-dealkylation sites (N-methyl/N-ethyl adjacent to an activating group) is 1. The molecule has 7 heteroatoms. The lowest BCUT2D eigenvalue weighted by atomic mass is 9.78. The first-order valence-electron chi connectivity index (χ1n) is 13.8. The Bertz CT molecular complexity index is 1050. The maximum absolute atomic E-state index is 5.67. The summed E-state index contributed by atoms with van der Waals surface area (Å²) in [4.78, 5) is 2.58. The van der Waals surface area contributed by atoms with Crippen molar-refractivity contribution in [2.75, 3.05) is 60.1 Å². The molecule has 210 valence electrons. The largest absolute Gasteiger partial charge is 0.493 e. The molecule has 38 heavy (non-hydrogen) atoms. The van der Waals surface area contributed by atoms with E-state index >= 15 is 0 Å². The number of benzene rings is 2. The standard InChI is InChI=1S/C31H45NO4S2/c1-23(20-31(37-16-9-17-38-31)25-11-13-27(34-4)29(19-25)36-6)21-32(2)22-30(14-7-8-15-30)24-10-12-26(33-3)28(18-24)35-5/h10-13,18-19,23H,7-9,14-17,20-22H2,1-6H3. The van der Waals surface area contributed by atoms with Gasteiger partial charge in [0.15, 0.2) is 23.0 Å². The highest BCUT2D eigenvalue weighted by molar-refractivity contribution is 8.18. The minimum Gasteiger partial charge on any atom is -0.493 e. The molecule has 1 atom stereocenters. The van der Waals surface area contributed by atoms with Gasteiger partial charge in [-0.2, -0.15) is 0 Å². The Labute approximate surface area is 238 Å². The first-order chi connectivity index (χ1) is 18.4. The molecule has 0 amide bonds. The van der Waals surface area contributed by atoms with Crippen LogP contribution < -0.4 is 18.9 Å². The van der Waals surface area contributed by atoms with Crippen molar-refractivity contribution in [1.29, 1.82) is 0 Å². The summed E-state index contributed by atoms with van der Waals surface area (Å²) in [7, 11) is 9.17. The van der Waals surface area contributed by atoms with Gasteiger partial charge in [0, 0.05) is 18.5 Å². The Morgan fingerprint density at radius 3 is 1.84 bits per heavy atom. The average Bonchev–Trinajstić information content (AvgIpc) is 3.41. The van der Waals surface area contributed by atoms with Crippen molar-refractivity contribution in [3.05, 3.63) is 47.5 Å². The molecule has 1 saturated carbocycles. The van der Waals surface area contributed by atoms with Crippen molar-refractivity contribution in [1.82, 2.24) is 4.90 Å². The van der Waals surface area contributed by atoms with Gasteiger partial charge in [-0.25, -0.2) is 0 Å².